The maximum absolute atomic E-state index is 5.35. The Kier molecular flexibility index (Phi) is 5.50. The number of aromatic nitrogens is 3. The second-order valence-corrected chi connectivity index (χ2v) is 5.46. The van der Waals surface area contributed by atoms with Gasteiger partial charge in [-0.05, 0) is 31.0 Å². The van der Waals surface area contributed by atoms with Crippen LogP contribution in [0.3, 0.4) is 0 Å². The van der Waals surface area contributed by atoms with Crippen molar-refractivity contribution in [2.45, 2.75) is 33.2 Å². The van der Waals surface area contributed by atoms with E-state index in [9.17, 15) is 0 Å². The van der Waals surface area contributed by atoms with Crippen molar-refractivity contribution in [3.8, 4) is 5.75 Å². The lowest BCUT2D eigenvalue weighted by Gasteiger charge is -2.11. The van der Waals surface area contributed by atoms with Crippen molar-refractivity contribution < 1.29 is 4.74 Å². The Labute approximate surface area is 133 Å². The number of hydrogen-bond acceptors (Lipinski definition) is 5. The van der Waals surface area contributed by atoms with E-state index in [1.165, 1.54) is 0 Å². The van der Waals surface area contributed by atoms with Crippen LogP contribution in [0.1, 0.15) is 30.8 Å². The molecule has 1 aromatic carbocycles. The molecule has 1 N–H and O–H groups in total. The van der Waals surface area contributed by atoms with Gasteiger partial charge in [0.15, 0.2) is 0 Å². The van der Waals surface area contributed by atoms with Gasteiger partial charge in [-0.1, -0.05) is 29.8 Å². The molecule has 0 aliphatic carbocycles. The number of nitrogens with one attached hydrogen (secondary N) is 1. The van der Waals surface area contributed by atoms with Crippen molar-refractivity contribution in [2.75, 3.05) is 12.4 Å². The minimum atomic E-state index is 0.547. The topological polar surface area (TPSA) is 59.9 Å². The second-order valence-electron chi connectivity index (χ2n) is 4.55. The Morgan fingerprint density at radius 2 is 1.90 bits per heavy atom. The van der Waals surface area contributed by atoms with Crippen molar-refractivity contribution in [2.24, 2.45) is 0 Å². The smallest absolute Gasteiger partial charge is 0.243 e. The highest BCUT2D eigenvalue weighted by molar-refractivity contribution is 9.10. The zero-order valence-corrected chi connectivity index (χ0v) is 14.1. The predicted octanol–water partition coefficient (Wildman–Crippen LogP) is 3.38. The van der Waals surface area contributed by atoms with Gasteiger partial charge >= 0.3 is 0 Å². The zero-order valence-electron chi connectivity index (χ0n) is 12.5. The maximum Gasteiger partial charge on any atom is 0.243 e. The zero-order chi connectivity index (χ0) is 15.2. The van der Waals surface area contributed by atoms with Crippen LogP contribution in [0.2, 0.25) is 0 Å². The molecular weight excluding hydrogens is 332 g/mol. The van der Waals surface area contributed by atoms with Gasteiger partial charge in [-0.25, -0.2) is 4.98 Å². The first-order valence-electron chi connectivity index (χ1n) is 6.96. The molecular formula is C15H19BrN4O. The minimum absolute atomic E-state index is 0.547. The maximum atomic E-state index is 5.35. The van der Waals surface area contributed by atoms with Gasteiger partial charge in [-0.2, -0.15) is 5.10 Å². The van der Waals surface area contributed by atoms with Gasteiger partial charge < -0.3 is 10.1 Å². The molecule has 21 heavy (non-hydrogen) atoms. The van der Waals surface area contributed by atoms with Gasteiger partial charge in [-0.3, -0.25) is 0 Å². The molecule has 0 aliphatic heterocycles. The SMILES string of the molecule is CCc1nnc(NCc2cc(Br)ccc2OC)nc1CC. The molecule has 0 saturated carbocycles. The molecule has 0 unspecified atom stereocenters. The lowest BCUT2D eigenvalue weighted by atomic mass is 10.2. The molecule has 2 rings (SSSR count). The fraction of sp³-hybridized carbons (Fsp3) is 0.400. The van der Waals surface area contributed by atoms with E-state index in [1.807, 2.05) is 18.2 Å². The number of aryl methyl sites for hydroxylation is 2. The van der Waals surface area contributed by atoms with Crippen LogP contribution in [-0.4, -0.2) is 22.3 Å². The van der Waals surface area contributed by atoms with Gasteiger partial charge in [0.1, 0.15) is 5.75 Å². The van der Waals surface area contributed by atoms with Crippen molar-refractivity contribution in [3.05, 3.63) is 39.6 Å². The van der Waals surface area contributed by atoms with Crippen LogP contribution >= 0.6 is 15.9 Å². The number of methoxy groups -OCH3 is 1. The van der Waals surface area contributed by atoms with Crippen molar-refractivity contribution >= 4 is 21.9 Å². The molecule has 5 nitrogen and oxygen atoms in total. The Balaban J connectivity index is 2.14. The van der Waals surface area contributed by atoms with E-state index >= 15 is 0 Å². The molecule has 0 fully saturated rings. The third-order valence-corrected chi connectivity index (χ3v) is 3.68. The molecule has 0 atom stereocenters. The molecule has 1 heterocycles. The quantitative estimate of drug-likeness (QED) is 0.865. The highest BCUT2D eigenvalue weighted by Crippen LogP contribution is 2.23. The van der Waals surface area contributed by atoms with Gasteiger partial charge in [-0.15, -0.1) is 5.10 Å². The first-order valence-corrected chi connectivity index (χ1v) is 7.76. The Morgan fingerprint density at radius 3 is 2.57 bits per heavy atom. The molecule has 0 saturated heterocycles. The van der Waals surface area contributed by atoms with E-state index in [1.54, 1.807) is 7.11 Å². The van der Waals surface area contributed by atoms with E-state index < -0.39 is 0 Å². The van der Waals surface area contributed by atoms with E-state index in [-0.39, 0.29) is 0 Å². The summed E-state index contributed by atoms with van der Waals surface area (Å²) < 4.78 is 6.36. The van der Waals surface area contributed by atoms with Gasteiger partial charge in [0.05, 0.1) is 18.5 Å². The summed E-state index contributed by atoms with van der Waals surface area (Å²) in [4.78, 5) is 4.52. The normalized spacial score (nSPS) is 10.5. The summed E-state index contributed by atoms with van der Waals surface area (Å²) >= 11 is 3.47. The highest BCUT2D eigenvalue weighted by atomic mass is 79.9. The Hall–Kier alpha value is -1.69. The van der Waals surface area contributed by atoms with E-state index in [2.05, 4.69) is 50.3 Å². The number of benzene rings is 1. The largest absolute Gasteiger partial charge is 0.496 e. The van der Waals surface area contributed by atoms with Crippen LogP contribution in [-0.2, 0) is 19.4 Å². The summed E-state index contributed by atoms with van der Waals surface area (Å²) in [5.74, 6) is 1.38. The van der Waals surface area contributed by atoms with Crippen LogP contribution in [0.25, 0.3) is 0 Å². The van der Waals surface area contributed by atoms with Crippen molar-refractivity contribution in [3.63, 3.8) is 0 Å². The first kappa shape index (κ1) is 15.7. The lowest BCUT2D eigenvalue weighted by molar-refractivity contribution is 0.410. The van der Waals surface area contributed by atoms with Crippen molar-refractivity contribution in [1.82, 2.24) is 15.2 Å². The molecule has 0 aliphatic rings. The molecule has 2 aromatic rings. The monoisotopic (exact) mass is 350 g/mol. The summed E-state index contributed by atoms with van der Waals surface area (Å²) in [6, 6.07) is 5.89. The van der Waals surface area contributed by atoms with Gasteiger partial charge in [0.25, 0.3) is 0 Å². The molecule has 1 aromatic heterocycles. The molecule has 0 bridgehead atoms. The fourth-order valence-electron chi connectivity index (χ4n) is 2.07. The lowest BCUT2D eigenvalue weighted by Crippen LogP contribution is -2.10. The first-order chi connectivity index (χ1) is 10.2. The van der Waals surface area contributed by atoms with E-state index in [0.29, 0.717) is 12.5 Å². The average Bonchev–Trinajstić information content (AvgIpc) is 2.52. The number of ether oxygens (including phenoxy) is 1. The van der Waals surface area contributed by atoms with E-state index in [4.69, 9.17) is 4.74 Å². The molecule has 0 spiro atoms. The Bertz CT molecular complexity index is 619. The predicted molar refractivity (Wildman–Crippen MR) is 86.6 cm³/mol. The third kappa shape index (κ3) is 3.91. The van der Waals surface area contributed by atoms with Gasteiger partial charge in [0.2, 0.25) is 5.95 Å². The molecule has 0 radical (unpaired) electrons. The van der Waals surface area contributed by atoms with Crippen LogP contribution in [0.5, 0.6) is 5.75 Å². The minimum Gasteiger partial charge on any atom is -0.496 e. The van der Waals surface area contributed by atoms with Crippen LogP contribution in [0.15, 0.2) is 22.7 Å². The molecule has 112 valence electrons. The van der Waals surface area contributed by atoms with Crippen LogP contribution in [0.4, 0.5) is 5.95 Å². The summed E-state index contributed by atoms with van der Waals surface area (Å²) in [5.41, 5.74) is 2.99. The van der Waals surface area contributed by atoms with Crippen LogP contribution < -0.4 is 10.1 Å². The summed E-state index contributed by atoms with van der Waals surface area (Å²) in [5, 5.41) is 11.6. The highest BCUT2D eigenvalue weighted by Gasteiger charge is 2.08. The number of hydrogen-bond donors (Lipinski definition) is 1. The molecule has 6 heteroatoms. The number of rotatable bonds is 6. The third-order valence-electron chi connectivity index (χ3n) is 3.19. The van der Waals surface area contributed by atoms with Gasteiger partial charge in [0, 0.05) is 16.6 Å². The average molecular weight is 351 g/mol. The fourth-order valence-corrected chi connectivity index (χ4v) is 2.48. The summed E-state index contributed by atoms with van der Waals surface area (Å²) in [6.07, 6.45) is 1.70. The van der Waals surface area contributed by atoms with Crippen LogP contribution in [0, 0.1) is 0 Å². The second kappa shape index (κ2) is 7.36. The summed E-state index contributed by atoms with van der Waals surface area (Å²) in [7, 11) is 1.66. The summed E-state index contributed by atoms with van der Waals surface area (Å²) in [6.45, 7) is 4.72. The molecule has 0 amide bonds. The Morgan fingerprint density at radius 1 is 1.14 bits per heavy atom. The van der Waals surface area contributed by atoms with Crippen molar-refractivity contribution in [1.29, 1.82) is 0 Å². The number of halogens is 1. The van der Waals surface area contributed by atoms with E-state index in [0.717, 1.165) is 40.0 Å². The number of anilines is 1. The standard InChI is InChI=1S/C15H19BrN4O/c1-4-12-13(5-2)19-20-15(18-12)17-9-10-8-11(16)6-7-14(10)21-3/h6-8H,4-5,9H2,1-3H3,(H,17,18,20). The number of nitrogens with zero attached hydrogens (tertiary/aromatic N) is 3.